The van der Waals surface area contributed by atoms with Crippen molar-refractivity contribution in [1.29, 1.82) is 0 Å². The van der Waals surface area contributed by atoms with Crippen molar-refractivity contribution in [3.05, 3.63) is 35.4 Å². The lowest BCUT2D eigenvalue weighted by Gasteiger charge is -2.38. The third-order valence-corrected chi connectivity index (χ3v) is 5.34. The van der Waals surface area contributed by atoms with E-state index in [1.807, 2.05) is 17.0 Å². The molecule has 2 heterocycles. The number of rotatable bonds is 5. The Morgan fingerprint density at radius 3 is 2.17 bits per heavy atom. The summed E-state index contributed by atoms with van der Waals surface area (Å²) in [4.78, 5) is 19.3. The summed E-state index contributed by atoms with van der Waals surface area (Å²) in [6.45, 7) is 8.88. The van der Waals surface area contributed by atoms with Gasteiger partial charge in [0.2, 0.25) is 5.91 Å². The summed E-state index contributed by atoms with van der Waals surface area (Å²) in [6, 6.07) is 8.17. The van der Waals surface area contributed by atoms with Crippen molar-refractivity contribution in [1.82, 2.24) is 14.7 Å². The normalized spacial score (nSPS) is 21.2. The van der Waals surface area contributed by atoms with E-state index in [0.717, 1.165) is 64.2 Å². The van der Waals surface area contributed by atoms with E-state index in [0.29, 0.717) is 5.91 Å². The molecule has 0 aromatic heterocycles. The molecule has 1 N–H and O–H groups in total. The third-order valence-electron chi connectivity index (χ3n) is 5.34. The standard InChI is InChI=1S/C19H29N3O2/c1-16(19(24)22-8-2-3-9-22)21-12-10-20(11-13-21)14-17-4-6-18(15-23)7-5-17/h4-7,16,23H,2-3,8-15H2,1H3. The number of carbonyl (C=O) groups excluding carboxylic acids is 1. The van der Waals surface area contributed by atoms with Gasteiger partial charge in [-0.1, -0.05) is 24.3 Å². The molecule has 1 unspecified atom stereocenters. The second-order valence-corrected chi connectivity index (χ2v) is 7.00. The monoisotopic (exact) mass is 331 g/mol. The van der Waals surface area contributed by atoms with Gasteiger partial charge in [-0.05, 0) is 30.9 Å². The highest BCUT2D eigenvalue weighted by molar-refractivity contribution is 5.81. The number of aliphatic hydroxyl groups excluding tert-OH is 1. The molecule has 0 radical (unpaired) electrons. The Balaban J connectivity index is 1.47. The highest BCUT2D eigenvalue weighted by atomic mass is 16.3. The molecule has 2 aliphatic heterocycles. The molecule has 5 nitrogen and oxygen atoms in total. The topological polar surface area (TPSA) is 47.0 Å². The summed E-state index contributed by atoms with van der Waals surface area (Å²) < 4.78 is 0. The van der Waals surface area contributed by atoms with Gasteiger partial charge in [-0.3, -0.25) is 14.6 Å². The largest absolute Gasteiger partial charge is 0.392 e. The van der Waals surface area contributed by atoms with E-state index >= 15 is 0 Å². The molecule has 2 saturated heterocycles. The van der Waals surface area contributed by atoms with Crippen LogP contribution in [0.2, 0.25) is 0 Å². The number of likely N-dealkylation sites (tertiary alicyclic amines) is 1. The van der Waals surface area contributed by atoms with Crippen molar-refractivity contribution in [3.63, 3.8) is 0 Å². The minimum absolute atomic E-state index is 0.00841. The van der Waals surface area contributed by atoms with Crippen LogP contribution in [0.4, 0.5) is 0 Å². The maximum atomic E-state index is 12.5. The van der Waals surface area contributed by atoms with Gasteiger partial charge in [0, 0.05) is 45.8 Å². The van der Waals surface area contributed by atoms with E-state index in [9.17, 15) is 4.79 Å². The maximum absolute atomic E-state index is 12.5. The van der Waals surface area contributed by atoms with Crippen LogP contribution < -0.4 is 0 Å². The SMILES string of the molecule is CC(C(=O)N1CCCC1)N1CCN(Cc2ccc(CO)cc2)CC1. The summed E-state index contributed by atoms with van der Waals surface area (Å²) in [5.41, 5.74) is 2.24. The molecule has 0 bridgehead atoms. The van der Waals surface area contributed by atoms with Crippen molar-refractivity contribution >= 4 is 5.91 Å². The molecule has 132 valence electrons. The zero-order chi connectivity index (χ0) is 16.9. The van der Waals surface area contributed by atoms with Crippen LogP contribution in [0.5, 0.6) is 0 Å². The Morgan fingerprint density at radius 2 is 1.58 bits per heavy atom. The molecule has 0 saturated carbocycles. The number of piperazine rings is 1. The van der Waals surface area contributed by atoms with E-state index in [4.69, 9.17) is 5.11 Å². The molecule has 1 amide bonds. The predicted molar refractivity (Wildman–Crippen MR) is 94.5 cm³/mol. The molecule has 0 spiro atoms. The zero-order valence-corrected chi connectivity index (χ0v) is 14.7. The average molecular weight is 331 g/mol. The molecular weight excluding hydrogens is 302 g/mol. The number of carbonyl (C=O) groups is 1. The van der Waals surface area contributed by atoms with E-state index < -0.39 is 0 Å². The molecule has 0 aliphatic carbocycles. The summed E-state index contributed by atoms with van der Waals surface area (Å²) in [5.74, 6) is 0.306. The van der Waals surface area contributed by atoms with Crippen molar-refractivity contribution in [3.8, 4) is 0 Å². The third kappa shape index (κ3) is 4.15. The fourth-order valence-corrected chi connectivity index (χ4v) is 3.67. The second kappa shape index (κ2) is 8.10. The van der Waals surface area contributed by atoms with Crippen molar-refractivity contribution in [2.24, 2.45) is 0 Å². The Labute approximate surface area is 144 Å². The Morgan fingerprint density at radius 1 is 1.00 bits per heavy atom. The van der Waals surface area contributed by atoms with Crippen LogP contribution in [0.15, 0.2) is 24.3 Å². The van der Waals surface area contributed by atoms with Crippen LogP contribution in [-0.4, -0.2) is 71.0 Å². The zero-order valence-electron chi connectivity index (χ0n) is 14.7. The molecule has 1 aromatic carbocycles. The molecule has 24 heavy (non-hydrogen) atoms. The van der Waals surface area contributed by atoms with Gasteiger partial charge in [-0.15, -0.1) is 0 Å². The Kier molecular flexibility index (Phi) is 5.87. The van der Waals surface area contributed by atoms with Crippen LogP contribution in [0.1, 0.15) is 30.9 Å². The Hall–Kier alpha value is -1.43. The number of nitrogens with zero attached hydrogens (tertiary/aromatic N) is 3. The van der Waals surface area contributed by atoms with Crippen LogP contribution in [0, 0.1) is 0 Å². The van der Waals surface area contributed by atoms with Gasteiger partial charge in [-0.25, -0.2) is 0 Å². The lowest BCUT2D eigenvalue weighted by molar-refractivity contribution is -0.136. The predicted octanol–water partition coefficient (Wildman–Crippen LogP) is 1.31. The number of amides is 1. The van der Waals surface area contributed by atoms with E-state index in [2.05, 4.69) is 28.9 Å². The summed E-state index contributed by atoms with van der Waals surface area (Å²) in [6.07, 6.45) is 2.31. The van der Waals surface area contributed by atoms with Gasteiger partial charge in [0.25, 0.3) is 0 Å². The van der Waals surface area contributed by atoms with Gasteiger partial charge in [-0.2, -0.15) is 0 Å². The first-order valence-corrected chi connectivity index (χ1v) is 9.11. The van der Waals surface area contributed by atoms with Crippen LogP contribution in [-0.2, 0) is 17.9 Å². The molecule has 5 heteroatoms. The Bertz CT molecular complexity index is 532. The first kappa shape index (κ1) is 17.4. The lowest BCUT2D eigenvalue weighted by Crippen LogP contribution is -2.54. The highest BCUT2D eigenvalue weighted by Crippen LogP contribution is 2.15. The van der Waals surface area contributed by atoms with Gasteiger partial charge >= 0.3 is 0 Å². The van der Waals surface area contributed by atoms with Gasteiger partial charge in [0.05, 0.1) is 12.6 Å². The fourth-order valence-electron chi connectivity index (χ4n) is 3.67. The van der Waals surface area contributed by atoms with Gasteiger partial charge in [0.1, 0.15) is 0 Å². The van der Waals surface area contributed by atoms with Crippen molar-refractivity contribution < 1.29 is 9.90 Å². The minimum Gasteiger partial charge on any atom is -0.392 e. The first-order chi connectivity index (χ1) is 11.7. The molecule has 3 rings (SSSR count). The highest BCUT2D eigenvalue weighted by Gasteiger charge is 2.29. The summed E-state index contributed by atoms with van der Waals surface area (Å²) in [7, 11) is 0. The van der Waals surface area contributed by atoms with Crippen LogP contribution in [0.25, 0.3) is 0 Å². The van der Waals surface area contributed by atoms with E-state index in [1.165, 1.54) is 5.56 Å². The number of aliphatic hydroxyl groups is 1. The number of benzene rings is 1. The minimum atomic E-state index is 0.00841. The van der Waals surface area contributed by atoms with Gasteiger partial charge < -0.3 is 10.0 Å². The molecule has 1 atom stereocenters. The second-order valence-electron chi connectivity index (χ2n) is 7.00. The molecule has 1 aromatic rings. The number of hydrogen-bond donors (Lipinski definition) is 1. The van der Waals surface area contributed by atoms with E-state index in [1.54, 1.807) is 0 Å². The molecule has 2 aliphatic rings. The average Bonchev–Trinajstić information content (AvgIpc) is 3.16. The quantitative estimate of drug-likeness (QED) is 0.884. The molecule has 2 fully saturated rings. The summed E-state index contributed by atoms with van der Waals surface area (Å²) >= 11 is 0. The molecular formula is C19H29N3O2. The van der Waals surface area contributed by atoms with Crippen molar-refractivity contribution in [2.45, 2.75) is 39.0 Å². The smallest absolute Gasteiger partial charge is 0.239 e. The maximum Gasteiger partial charge on any atom is 0.239 e. The van der Waals surface area contributed by atoms with Crippen LogP contribution >= 0.6 is 0 Å². The first-order valence-electron chi connectivity index (χ1n) is 9.11. The van der Waals surface area contributed by atoms with Crippen molar-refractivity contribution in [2.75, 3.05) is 39.3 Å². The lowest BCUT2D eigenvalue weighted by atomic mass is 10.1. The number of hydrogen-bond acceptors (Lipinski definition) is 4. The van der Waals surface area contributed by atoms with Crippen LogP contribution in [0.3, 0.4) is 0 Å². The summed E-state index contributed by atoms with van der Waals surface area (Å²) in [5, 5.41) is 9.11. The van der Waals surface area contributed by atoms with E-state index in [-0.39, 0.29) is 12.6 Å². The fraction of sp³-hybridized carbons (Fsp3) is 0.632. The van der Waals surface area contributed by atoms with Gasteiger partial charge in [0.15, 0.2) is 0 Å².